The van der Waals surface area contributed by atoms with E-state index in [9.17, 15) is 4.79 Å². The molecule has 7 heteroatoms. The molecule has 0 aliphatic rings. The third kappa shape index (κ3) is 3.91. The summed E-state index contributed by atoms with van der Waals surface area (Å²) in [6.07, 6.45) is 2.97. The SMILES string of the molecule is O=C(COc1ccc2ccccc2c1)Nc1cc(Cl)ccc1-n1cncn1. The summed E-state index contributed by atoms with van der Waals surface area (Å²) in [4.78, 5) is 16.3. The van der Waals surface area contributed by atoms with Crippen molar-refractivity contribution in [1.82, 2.24) is 14.8 Å². The van der Waals surface area contributed by atoms with Crippen molar-refractivity contribution in [2.24, 2.45) is 0 Å². The standard InChI is InChI=1S/C20H15ClN4O2/c21-16-6-8-19(25-13-22-12-23-25)18(10-16)24-20(26)11-27-17-7-5-14-3-1-2-4-15(14)9-17/h1-10,12-13H,11H2,(H,24,26). The lowest BCUT2D eigenvalue weighted by atomic mass is 10.1. The summed E-state index contributed by atoms with van der Waals surface area (Å²) in [5.41, 5.74) is 1.19. The third-order valence-corrected chi connectivity index (χ3v) is 4.22. The number of amides is 1. The molecule has 1 aromatic heterocycles. The van der Waals surface area contributed by atoms with E-state index < -0.39 is 0 Å². The molecule has 0 aliphatic heterocycles. The summed E-state index contributed by atoms with van der Waals surface area (Å²) >= 11 is 6.06. The molecule has 1 amide bonds. The number of benzene rings is 3. The molecule has 0 bridgehead atoms. The van der Waals surface area contributed by atoms with Gasteiger partial charge in [-0.2, -0.15) is 5.10 Å². The number of hydrogen-bond acceptors (Lipinski definition) is 4. The predicted molar refractivity (Wildman–Crippen MR) is 104 cm³/mol. The number of nitrogens with one attached hydrogen (secondary N) is 1. The number of aromatic nitrogens is 3. The summed E-state index contributed by atoms with van der Waals surface area (Å²) in [7, 11) is 0. The molecule has 3 aromatic carbocycles. The van der Waals surface area contributed by atoms with Gasteiger partial charge in [0.2, 0.25) is 0 Å². The first kappa shape index (κ1) is 17.1. The van der Waals surface area contributed by atoms with Crippen molar-refractivity contribution in [3.8, 4) is 11.4 Å². The van der Waals surface area contributed by atoms with E-state index >= 15 is 0 Å². The van der Waals surface area contributed by atoms with Crippen LogP contribution in [0.15, 0.2) is 73.3 Å². The van der Waals surface area contributed by atoms with Gasteiger partial charge in [0.05, 0.1) is 11.4 Å². The number of anilines is 1. The topological polar surface area (TPSA) is 69.0 Å². The molecule has 0 spiro atoms. The first-order valence-corrected chi connectivity index (χ1v) is 8.63. The van der Waals surface area contributed by atoms with E-state index in [1.807, 2.05) is 42.5 Å². The Labute approximate surface area is 160 Å². The van der Waals surface area contributed by atoms with Gasteiger partial charge in [-0.15, -0.1) is 0 Å². The molecule has 1 heterocycles. The van der Waals surface area contributed by atoms with Crippen LogP contribution in [0.25, 0.3) is 16.5 Å². The summed E-state index contributed by atoms with van der Waals surface area (Å²) < 4.78 is 7.18. The Kier molecular flexibility index (Phi) is 4.72. The van der Waals surface area contributed by atoms with Gasteiger partial charge in [0.15, 0.2) is 6.61 Å². The zero-order valence-electron chi connectivity index (χ0n) is 14.2. The van der Waals surface area contributed by atoms with Crippen molar-refractivity contribution >= 4 is 34.0 Å². The van der Waals surface area contributed by atoms with Crippen LogP contribution in [0, 0.1) is 0 Å². The number of nitrogens with zero attached hydrogens (tertiary/aromatic N) is 3. The normalized spacial score (nSPS) is 10.7. The first-order valence-electron chi connectivity index (χ1n) is 8.25. The largest absolute Gasteiger partial charge is 0.484 e. The maximum Gasteiger partial charge on any atom is 0.262 e. The maximum atomic E-state index is 12.4. The maximum absolute atomic E-state index is 12.4. The highest BCUT2D eigenvalue weighted by Gasteiger charge is 2.11. The average Bonchev–Trinajstić information content (AvgIpc) is 3.21. The van der Waals surface area contributed by atoms with Crippen molar-refractivity contribution < 1.29 is 9.53 Å². The molecule has 0 saturated heterocycles. The van der Waals surface area contributed by atoms with Crippen molar-refractivity contribution in [2.75, 3.05) is 11.9 Å². The van der Waals surface area contributed by atoms with E-state index in [0.717, 1.165) is 10.8 Å². The van der Waals surface area contributed by atoms with E-state index in [-0.39, 0.29) is 12.5 Å². The number of rotatable bonds is 5. The average molecular weight is 379 g/mol. The highest BCUT2D eigenvalue weighted by Crippen LogP contribution is 2.24. The van der Waals surface area contributed by atoms with E-state index in [1.165, 1.54) is 6.33 Å². The number of carbonyl (C=O) groups is 1. The summed E-state index contributed by atoms with van der Waals surface area (Å²) in [5, 5.41) is 9.57. The van der Waals surface area contributed by atoms with Crippen LogP contribution in [0.3, 0.4) is 0 Å². The van der Waals surface area contributed by atoms with Gasteiger partial charge in [0.1, 0.15) is 18.4 Å². The van der Waals surface area contributed by atoms with Crippen LogP contribution < -0.4 is 10.1 Å². The second-order valence-corrected chi connectivity index (χ2v) is 6.28. The highest BCUT2D eigenvalue weighted by atomic mass is 35.5. The fourth-order valence-corrected chi connectivity index (χ4v) is 2.91. The molecule has 0 aliphatic carbocycles. The Balaban J connectivity index is 1.47. The fraction of sp³-hybridized carbons (Fsp3) is 0.0500. The third-order valence-electron chi connectivity index (χ3n) is 3.99. The predicted octanol–water partition coefficient (Wildman–Crippen LogP) is 4.09. The smallest absolute Gasteiger partial charge is 0.262 e. The second kappa shape index (κ2) is 7.47. The minimum absolute atomic E-state index is 0.123. The van der Waals surface area contributed by atoms with Gasteiger partial charge >= 0.3 is 0 Å². The van der Waals surface area contributed by atoms with Gasteiger partial charge in [0, 0.05) is 5.02 Å². The summed E-state index contributed by atoms with van der Waals surface area (Å²) in [5.74, 6) is 0.332. The zero-order chi connectivity index (χ0) is 18.6. The van der Waals surface area contributed by atoms with Crippen molar-refractivity contribution in [1.29, 1.82) is 0 Å². The Morgan fingerprint density at radius 1 is 1.07 bits per heavy atom. The molecule has 1 N–H and O–H groups in total. The van der Waals surface area contributed by atoms with Gasteiger partial charge in [-0.3, -0.25) is 4.79 Å². The number of fused-ring (bicyclic) bond motifs is 1. The van der Waals surface area contributed by atoms with E-state index in [1.54, 1.807) is 29.2 Å². The molecule has 0 fully saturated rings. The molecule has 0 atom stereocenters. The van der Waals surface area contributed by atoms with Crippen LogP contribution >= 0.6 is 11.6 Å². The van der Waals surface area contributed by atoms with E-state index in [0.29, 0.717) is 22.1 Å². The van der Waals surface area contributed by atoms with Gasteiger partial charge in [0.25, 0.3) is 5.91 Å². The van der Waals surface area contributed by atoms with Crippen molar-refractivity contribution in [3.05, 3.63) is 78.3 Å². The number of hydrogen-bond donors (Lipinski definition) is 1. The lowest BCUT2D eigenvalue weighted by Gasteiger charge is -2.12. The van der Waals surface area contributed by atoms with E-state index in [4.69, 9.17) is 16.3 Å². The molecule has 0 unspecified atom stereocenters. The van der Waals surface area contributed by atoms with Crippen LogP contribution in [0.5, 0.6) is 5.75 Å². The molecular formula is C20H15ClN4O2. The minimum atomic E-state index is -0.299. The molecule has 6 nitrogen and oxygen atoms in total. The second-order valence-electron chi connectivity index (χ2n) is 5.85. The van der Waals surface area contributed by atoms with Gasteiger partial charge in [-0.25, -0.2) is 9.67 Å². The lowest BCUT2D eigenvalue weighted by molar-refractivity contribution is -0.118. The molecule has 0 radical (unpaired) electrons. The zero-order valence-corrected chi connectivity index (χ0v) is 14.9. The Morgan fingerprint density at radius 2 is 1.93 bits per heavy atom. The molecule has 0 saturated carbocycles. The molecular weight excluding hydrogens is 364 g/mol. The monoisotopic (exact) mass is 378 g/mol. The molecule has 4 rings (SSSR count). The van der Waals surface area contributed by atoms with Crippen LogP contribution in [0.2, 0.25) is 5.02 Å². The van der Waals surface area contributed by atoms with Crippen molar-refractivity contribution in [2.45, 2.75) is 0 Å². The van der Waals surface area contributed by atoms with Crippen molar-refractivity contribution in [3.63, 3.8) is 0 Å². The van der Waals surface area contributed by atoms with Crippen LogP contribution in [-0.2, 0) is 4.79 Å². The fourth-order valence-electron chi connectivity index (χ4n) is 2.73. The summed E-state index contributed by atoms with van der Waals surface area (Å²) in [6, 6.07) is 18.8. The molecule has 27 heavy (non-hydrogen) atoms. The van der Waals surface area contributed by atoms with Crippen LogP contribution in [-0.4, -0.2) is 27.3 Å². The number of halogens is 1. The number of carbonyl (C=O) groups excluding carboxylic acids is 1. The molecule has 134 valence electrons. The Bertz CT molecular complexity index is 1100. The van der Waals surface area contributed by atoms with E-state index in [2.05, 4.69) is 15.4 Å². The van der Waals surface area contributed by atoms with Gasteiger partial charge in [-0.1, -0.05) is 41.9 Å². The number of ether oxygens (including phenoxy) is 1. The first-order chi connectivity index (χ1) is 13.2. The quantitative estimate of drug-likeness (QED) is 0.568. The van der Waals surface area contributed by atoms with Gasteiger partial charge < -0.3 is 10.1 Å². The Morgan fingerprint density at radius 3 is 2.74 bits per heavy atom. The lowest BCUT2D eigenvalue weighted by Crippen LogP contribution is -2.21. The highest BCUT2D eigenvalue weighted by molar-refractivity contribution is 6.31. The minimum Gasteiger partial charge on any atom is -0.484 e. The Hall–Kier alpha value is -3.38. The van der Waals surface area contributed by atoms with Crippen LogP contribution in [0.1, 0.15) is 0 Å². The molecule has 4 aromatic rings. The summed E-state index contributed by atoms with van der Waals surface area (Å²) in [6.45, 7) is -0.123. The van der Waals surface area contributed by atoms with Crippen LogP contribution in [0.4, 0.5) is 5.69 Å². The van der Waals surface area contributed by atoms with Gasteiger partial charge in [-0.05, 0) is 41.1 Å².